The molecule has 0 N–H and O–H groups in total. The second-order valence-electron chi connectivity index (χ2n) is 6.97. The van der Waals surface area contributed by atoms with Crippen molar-refractivity contribution in [2.45, 2.75) is 6.04 Å². The summed E-state index contributed by atoms with van der Waals surface area (Å²) in [6.45, 7) is 1.78. The molecule has 2 heterocycles. The average Bonchev–Trinajstić information content (AvgIpc) is 3.26. The highest BCUT2D eigenvalue weighted by Crippen LogP contribution is 2.25. The summed E-state index contributed by atoms with van der Waals surface area (Å²) in [7, 11) is 0. The molecule has 4 rings (SSSR count). The van der Waals surface area contributed by atoms with E-state index >= 15 is 0 Å². The van der Waals surface area contributed by atoms with Gasteiger partial charge < -0.3 is 9.42 Å². The largest absolute Gasteiger partial charge is 0.355 e. The fourth-order valence-corrected chi connectivity index (χ4v) is 3.52. The van der Waals surface area contributed by atoms with Gasteiger partial charge in [0.15, 0.2) is 11.5 Å². The van der Waals surface area contributed by atoms with Crippen LogP contribution in [0.25, 0.3) is 11.3 Å². The number of benzene rings is 2. The zero-order valence-electron chi connectivity index (χ0n) is 16.0. The topological polar surface area (TPSA) is 73.4 Å². The Morgan fingerprint density at radius 2 is 1.77 bits per heavy atom. The van der Waals surface area contributed by atoms with E-state index in [4.69, 9.17) is 4.52 Å². The molecule has 1 atom stereocenters. The van der Waals surface area contributed by atoms with Gasteiger partial charge in [-0.25, -0.2) is 8.78 Å². The summed E-state index contributed by atoms with van der Waals surface area (Å²) in [6, 6.07) is 15.1. The molecule has 30 heavy (non-hydrogen) atoms. The van der Waals surface area contributed by atoms with Gasteiger partial charge in [0.25, 0.3) is 5.91 Å². The number of amides is 1. The van der Waals surface area contributed by atoms with Crippen LogP contribution < -0.4 is 0 Å². The Morgan fingerprint density at radius 3 is 2.43 bits per heavy atom. The van der Waals surface area contributed by atoms with E-state index in [9.17, 15) is 18.8 Å². The van der Waals surface area contributed by atoms with Crippen LogP contribution >= 0.6 is 0 Å². The zero-order valence-corrected chi connectivity index (χ0v) is 16.0. The highest BCUT2D eigenvalue weighted by molar-refractivity contribution is 5.93. The van der Waals surface area contributed by atoms with Crippen molar-refractivity contribution in [1.29, 1.82) is 5.26 Å². The van der Waals surface area contributed by atoms with Crippen molar-refractivity contribution < 1.29 is 18.1 Å². The second-order valence-corrected chi connectivity index (χ2v) is 6.97. The van der Waals surface area contributed by atoms with Crippen LogP contribution in [0, 0.1) is 23.0 Å². The molecule has 1 aliphatic rings. The molecule has 0 spiro atoms. The maximum atomic E-state index is 13.9. The summed E-state index contributed by atoms with van der Waals surface area (Å²) in [5, 5.41) is 13.4. The Bertz CT molecular complexity index is 1080. The van der Waals surface area contributed by atoms with Crippen LogP contribution in [0.4, 0.5) is 8.78 Å². The molecule has 0 saturated carbocycles. The van der Waals surface area contributed by atoms with E-state index in [0.29, 0.717) is 31.7 Å². The normalized spacial score (nSPS) is 15.6. The van der Waals surface area contributed by atoms with E-state index in [-0.39, 0.29) is 28.7 Å². The first-order chi connectivity index (χ1) is 14.6. The molecule has 1 amide bonds. The van der Waals surface area contributed by atoms with E-state index in [1.165, 1.54) is 24.3 Å². The summed E-state index contributed by atoms with van der Waals surface area (Å²) in [5.41, 5.74) is 1.06. The second kappa shape index (κ2) is 8.43. The fourth-order valence-electron chi connectivity index (χ4n) is 3.52. The molecule has 2 aromatic carbocycles. The summed E-state index contributed by atoms with van der Waals surface area (Å²) in [5.74, 6) is -0.926. The smallest absolute Gasteiger partial charge is 0.276 e. The van der Waals surface area contributed by atoms with Gasteiger partial charge in [-0.3, -0.25) is 9.69 Å². The van der Waals surface area contributed by atoms with Crippen molar-refractivity contribution in [3.05, 3.63) is 77.5 Å². The van der Waals surface area contributed by atoms with Crippen molar-refractivity contribution in [1.82, 2.24) is 15.0 Å². The summed E-state index contributed by atoms with van der Waals surface area (Å²) in [4.78, 5) is 16.3. The Kier molecular flexibility index (Phi) is 5.55. The third-order valence-electron chi connectivity index (χ3n) is 5.14. The first-order valence-corrected chi connectivity index (χ1v) is 9.47. The van der Waals surface area contributed by atoms with Crippen molar-refractivity contribution in [3.63, 3.8) is 0 Å². The predicted molar refractivity (Wildman–Crippen MR) is 104 cm³/mol. The average molecular weight is 408 g/mol. The number of hydrogen-bond donors (Lipinski definition) is 0. The van der Waals surface area contributed by atoms with Crippen LogP contribution in [-0.4, -0.2) is 47.0 Å². The van der Waals surface area contributed by atoms with Crippen molar-refractivity contribution in [2.75, 3.05) is 26.2 Å². The SMILES string of the molecule is N#C[C@@H](c1ccc(F)cc1)N1CCN(C(=O)c2cc(-c3ccccc3F)on2)CC1. The van der Waals surface area contributed by atoms with E-state index < -0.39 is 11.9 Å². The van der Waals surface area contributed by atoms with Crippen LogP contribution in [0.15, 0.2) is 59.1 Å². The molecule has 6 nitrogen and oxygen atoms in total. The number of nitrogens with zero attached hydrogens (tertiary/aromatic N) is 4. The summed E-state index contributed by atoms with van der Waals surface area (Å²) >= 11 is 0. The minimum absolute atomic E-state index is 0.108. The van der Waals surface area contributed by atoms with Crippen molar-refractivity contribution in [3.8, 4) is 17.4 Å². The number of halogens is 2. The van der Waals surface area contributed by atoms with E-state index in [1.54, 1.807) is 35.2 Å². The molecule has 1 saturated heterocycles. The summed E-state index contributed by atoms with van der Waals surface area (Å²) < 4.78 is 32.2. The number of piperazine rings is 1. The Balaban J connectivity index is 1.42. The van der Waals surface area contributed by atoms with Crippen LogP contribution in [-0.2, 0) is 0 Å². The van der Waals surface area contributed by atoms with E-state index in [0.717, 1.165) is 0 Å². The standard InChI is InChI=1S/C22H18F2N4O2/c23-16-7-5-15(6-8-16)20(14-25)27-9-11-28(12-10-27)22(29)19-13-21(30-26-19)17-3-1-2-4-18(17)24/h1-8,13,20H,9-12H2/t20-/m0/s1. The van der Waals surface area contributed by atoms with Crippen LogP contribution in [0.1, 0.15) is 22.1 Å². The number of carbonyl (C=O) groups excluding carboxylic acids is 1. The van der Waals surface area contributed by atoms with Gasteiger partial charge in [-0.05, 0) is 29.8 Å². The fraction of sp³-hybridized carbons (Fsp3) is 0.227. The molecule has 3 aromatic rings. The van der Waals surface area contributed by atoms with Gasteiger partial charge in [0.05, 0.1) is 11.6 Å². The van der Waals surface area contributed by atoms with Crippen LogP contribution in [0.3, 0.4) is 0 Å². The maximum Gasteiger partial charge on any atom is 0.276 e. The van der Waals surface area contributed by atoms with Gasteiger partial charge in [0.2, 0.25) is 0 Å². The lowest BCUT2D eigenvalue weighted by Gasteiger charge is -2.36. The van der Waals surface area contributed by atoms with Crippen molar-refractivity contribution in [2.24, 2.45) is 0 Å². The minimum Gasteiger partial charge on any atom is -0.355 e. The molecule has 0 radical (unpaired) electrons. The number of nitriles is 1. The van der Waals surface area contributed by atoms with E-state index in [1.807, 2.05) is 4.90 Å². The quantitative estimate of drug-likeness (QED) is 0.659. The number of aromatic nitrogens is 1. The van der Waals surface area contributed by atoms with Gasteiger partial charge in [-0.2, -0.15) is 5.26 Å². The molecular formula is C22H18F2N4O2. The monoisotopic (exact) mass is 408 g/mol. The molecule has 1 aromatic heterocycles. The lowest BCUT2D eigenvalue weighted by atomic mass is 10.1. The Hall–Kier alpha value is -3.57. The van der Waals surface area contributed by atoms with Crippen LogP contribution in [0.2, 0.25) is 0 Å². The molecule has 8 heteroatoms. The van der Waals surface area contributed by atoms with Gasteiger partial charge in [0.1, 0.15) is 17.7 Å². The van der Waals surface area contributed by atoms with Crippen LogP contribution in [0.5, 0.6) is 0 Å². The van der Waals surface area contributed by atoms with Gasteiger partial charge >= 0.3 is 0 Å². The number of rotatable bonds is 4. The molecule has 1 fully saturated rings. The van der Waals surface area contributed by atoms with Gasteiger partial charge in [-0.1, -0.05) is 29.4 Å². The lowest BCUT2D eigenvalue weighted by molar-refractivity contribution is 0.0596. The highest BCUT2D eigenvalue weighted by atomic mass is 19.1. The highest BCUT2D eigenvalue weighted by Gasteiger charge is 2.29. The Labute approximate surface area is 171 Å². The molecule has 152 valence electrons. The summed E-state index contributed by atoms with van der Waals surface area (Å²) in [6.07, 6.45) is 0. The third-order valence-corrected chi connectivity index (χ3v) is 5.14. The van der Waals surface area contributed by atoms with Gasteiger partial charge in [0, 0.05) is 32.2 Å². The van der Waals surface area contributed by atoms with Gasteiger partial charge in [-0.15, -0.1) is 0 Å². The lowest BCUT2D eigenvalue weighted by Crippen LogP contribution is -2.49. The van der Waals surface area contributed by atoms with E-state index in [2.05, 4.69) is 11.2 Å². The molecule has 1 aliphatic heterocycles. The molecular weight excluding hydrogens is 390 g/mol. The predicted octanol–water partition coefficient (Wildman–Crippen LogP) is 3.64. The van der Waals surface area contributed by atoms with Crippen molar-refractivity contribution >= 4 is 5.91 Å². The number of hydrogen-bond acceptors (Lipinski definition) is 5. The molecule has 0 aliphatic carbocycles. The zero-order chi connectivity index (χ0) is 21.1. The maximum absolute atomic E-state index is 13.9. The minimum atomic E-state index is -0.512. The first-order valence-electron chi connectivity index (χ1n) is 9.47. The first kappa shape index (κ1) is 19.7. The third kappa shape index (κ3) is 3.93. The molecule has 0 unspecified atom stereocenters. The number of carbonyl (C=O) groups is 1. The Morgan fingerprint density at radius 1 is 1.07 bits per heavy atom. The molecule has 0 bridgehead atoms.